The van der Waals surface area contributed by atoms with Crippen molar-refractivity contribution < 1.29 is 31.2 Å². The van der Waals surface area contributed by atoms with Gasteiger partial charge in [0.2, 0.25) is 15.9 Å². The summed E-state index contributed by atoms with van der Waals surface area (Å²) in [5, 5.41) is 3.37. The van der Waals surface area contributed by atoms with Crippen molar-refractivity contribution in [3.8, 4) is 0 Å². The first-order valence-electron chi connectivity index (χ1n) is 10.3. The summed E-state index contributed by atoms with van der Waals surface area (Å²) >= 11 is 1.15. The number of nitrogens with zero attached hydrogens (tertiary/aromatic N) is 1. The van der Waals surface area contributed by atoms with Gasteiger partial charge in [0, 0.05) is 25.3 Å². The largest absolute Gasteiger partial charge is 0.462 e. The van der Waals surface area contributed by atoms with Crippen molar-refractivity contribution >= 4 is 48.1 Å². The van der Waals surface area contributed by atoms with Gasteiger partial charge in [-0.05, 0) is 62.6 Å². The minimum absolute atomic E-state index is 0.0124. The summed E-state index contributed by atoms with van der Waals surface area (Å²) in [5.74, 6) is -1.01. The Morgan fingerprint density at radius 1 is 1.09 bits per heavy atom. The Kier molecular flexibility index (Phi) is 7.62. The lowest BCUT2D eigenvalue weighted by Gasteiger charge is -2.30. The van der Waals surface area contributed by atoms with Crippen molar-refractivity contribution in [3.05, 3.63) is 40.8 Å². The van der Waals surface area contributed by atoms with Crippen LogP contribution in [0.5, 0.6) is 0 Å². The molecule has 1 N–H and O–H groups in total. The Bertz CT molecular complexity index is 1240. The lowest BCUT2D eigenvalue weighted by atomic mass is 9.97. The van der Waals surface area contributed by atoms with Crippen LogP contribution in [0.25, 0.3) is 0 Å². The molecule has 3 rings (SSSR count). The lowest BCUT2D eigenvalue weighted by molar-refractivity contribution is -0.120. The van der Waals surface area contributed by atoms with Crippen molar-refractivity contribution in [1.29, 1.82) is 0 Å². The van der Waals surface area contributed by atoms with Crippen LogP contribution in [-0.4, -0.2) is 59.0 Å². The van der Waals surface area contributed by atoms with Crippen LogP contribution >= 0.6 is 11.3 Å². The Morgan fingerprint density at radius 2 is 1.67 bits per heavy atom. The lowest BCUT2D eigenvalue weighted by Crippen LogP contribution is -2.41. The summed E-state index contributed by atoms with van der Waals surface area (Å²) < 4.78 is 55.3. The van der Waals surface area contributed by atoms with Gasteiger partial charge in [-0.2, -0.15) is 4.31 Å². The number of amides is 1. The van der Waals surface area contributed by atoms with E-state index in [1.54, 1.807) is 19.9 Å². The van der Waals surface area contributed by atoms with Crippen LogP contribution in [0.2, 0.25) is 0 Å². The summed E-state index contributed by atoms with van der Waals surface area (Å²) in [6, 6.07) is 6.83. The molecule has 33 heavy (non-hydrogen) atoms. The smallest absolute Gasteiger partial charge is 0.348 e. The second-order valence-corrected chi connectivity index (χ2v) is 12.8. The molecule has 0 bridgehead atoms. The van der Waals surface area contributed by atoms with Gasteiger partial charge in [0.1, 0.15) is 4.88 Å². The zero-order valence-corrected chi connectivity index (χ0v) is 21.0. The highest BCUT2D eigenvalue weighted by molar-refractivity contribution is 7.90. The second-order valence-electron chi connectivity index (χ2n) is 7.75. The Hall–Kier alpha value is -2.28. The average Bonchev–Trinajstić information content (AvgIpc) is 3.13. The van der Waals surface area contributed by atoms with Crippen molar-refractivity contribution in [2.45, 2.75) is 36.5 Å². The Balaban J connectivity index is 1.62. The molecule has 1 saturated heterocycles. The van der Waals surface area contributed by atoms with E-state index in [2.05, 4.69) is 5.32 Å². The maximum Gasteiger partial charge on any atom is 0.348 e. The number of carbonyl (C=O) groups is 2. The number of ether oxygens (including phenoxy) is 1. The molecule has 2 heterocycles. The molecule has 2 aromatic rings. The highest BCUT2D eigenvalue weighted by Crippen LogP contribution is 2.30. The summed E-state index contributed by atoms with van der Waals surface area (Å²) in [6.07, 6.45) is 1.75. The van der Waals surface area contributed by atoms with E-state index < -0.39 is 25.8 Å². The molecule has 0 spiro atoms. The number of aryl methyl sites for hydroxylation is 1. The molecule has 12 heteroatoms. The number of benzene rings is 1. The molecule has 0 unspecified atom stereocenters. The van der Waals surface area contributed by atoms with E-state index in [1.807, 2.05) is 0 Å². The van der Waals surface area contributed by atoms with Crippen LogP contribution in [-0.2, 0) is 29.4 Å². The molecule has 0 saturated carbocycles. The molecule has 0 radical (unpaired) electrons. The standard InChI is InChI=1S/C21H26N2O7S3/c1-4-30-21(25)19-14(2)13-18(31-19)22-20(24)15-9-11-23(12-10-15)33(28,29)17-7-5-16(6-8-17)32(3,26)27/h5-8,13,15H,4,9-12H2,1-3H3,(H,22,24). The first-order valence-corrected chi connectivity index (χ1v) is 14.5. The molecule has 1 aromatic carbocycles. The molecule has 0 aliphatic carbocycles. The van der Waals surface area contributed by atoms with Crippen LogP contribution in [0.4, 0.5) is 5.00 Å². The van der Waals surface area contributed by atoms with Crippen molar-refractivity contribution in [2.24, 2.45) is 5.92 Å². The van der Waals surface area contributed by atoms with E-state index in [0.29, 0.717) is 22.7 Å². The molecule has 1 aliphatic rings. The van der Waals surface area contributed by atoms with Gasteiger partial charge in [0.25, 0.3) is 0 Å². The van der Waals surface area contributed by atoms with Gasteiger partial charge in [-0.15, -0.1) is 11.3 Å². The molecule has 1 aliphatic heterocycles. The predicted octanol–water partition coefficient (Wildman–Crippen LogP) is 2.68. The minimum Gasteiger partial charge on any atom is -0.462 e. The van der Waals surface area contributed by atoms with Crippen LogP contribution in [0.1, 0.15) is 35.0 Å². The molecular formula is C21H26N2O7S3. The van der Waals surface area contributed by atoms with Gasteiger partial charge >= 0.3 is 5.97 Å². The Morgan fingerprint density at radius 3 is 2.21 bits per heavy atom. The molecule has 9 nitrogen and oxygen atoms in total. The third kappa shape index (κ3) is 5.81. The number of sulfonamides is 1. The number of carbonyl (C=O) groups excluding carboxylic acids is 2. The van der Waals surface area contributed by atoms with E-state index >= 15 is 0 Å². The number of hydrogen-bond donors (Lipinski definition) is 1. The fraction of sp³-hybridized carbons (Fsp3) is 0.429. The van der Waals surface area contributed by atoms with Gasteiger partial charge in [-0.1, -0.05) is 0 Å². The first kappa shape index (κ1) is 25.3. The number of sulfone groups is 1. The fourth-order valence-corrected chi connectivity index (χ4v) is 6.60. The molecule has 0 atom stereocenters. The highest BCUT2D eigenvalue weighted by Gasteiger charge is 2.32. The zero-order valence-electron chi connectivity index (χ0n) is 18.5. The van der Waals surface area contributed by atoms with Gasteiger partial charge in [0.05, 0.1) is 21.4 Å². The van der Waals surface area contributed by atoms with E-state index in [1.165, 1.54) is 28.6 Å². The number of anilines is 1. The van der Waals surface area contributed by atoms with Crippen LogP contribution in [0, 0.1) is 12.8 Å². The Labute approximate surface area is 197 Å². The first-order chi connectivity index (χ1) is 15.4. The molecule has 1 fully saturated rings. The number of hydrogen-bond acceptors (Lipinski definition) is 8. The van der Waals surface area contributed by atoms with Gasteiger partial charge < -0.3 is 10.1 Å². The van der Waals surface area contributed by atoms with Gasteiger partial charge in [0.15, 0.2) is 9.84 Å². The highest BCUT2D eigenvalue weighted by atomic mass is 32.2. The zero-order chi connectivity index (χ0) is 24.4. The van der Waals surface area contributed by atoms with Crippen LogP contribution in [0.3, 0.4) is 0 Å². The number of esters is 1. The van der Waals surface area contributed by atoms with E-state index in [4.69, 9.17) is 4.74 Å². The quantitative estimate of drug-likeness (QED) is 0.563. The molecule has 1 aromatic heterocycles. The fourth-order valence-electron chi connectivity index (χ4n) is 3.53. The van der Waals surface area contributed by atoms with E-state index in [9.17, 15) is 26.4 Å². The molecular weight excluding hydrogens is 488 g/mol. The van der Waals surface area contributed by atoms with Crippen molar-refractivity contribution in [2.75, 3.05) is 31.3 Å². The molecule has 180 valence electrons. The summed E-state index contributed by atoms with van der Waals surface area (Å²) in [4.78, 5) is 25.2. The predicted molar refractivity (Wildman–Crippen MR) is 125 cm³/mol. The van der Waals surface area contributed by atoms with Crippen LogP contribution < -0.4 is 5.32 Å². The summed E-state index contributed by atoms with van der Waals surface area (Å²) in [7, 11) is -7.21. The van der Waals surface area contributed by atoms with Crippen LogP contribution in [0.15, 0.2) is 40.1 Å². The summed E-state index contributed by atoms with van der Waals surface area (Å²) in [5.41, 5.74) is 0.719. The maximum atomic E-state index is 12.9. The molecule has 1 amide bonds. The minimum atomic E-state index is -3.79. The van der Waals surface area contributed by atoms with Crippen molar-refractivity contribution in [1.82, 2.24) is 4.31 Å². The average molecular weight is 515 g/mol. The SMILES string of the molecule is CCOC(=O)c1sc(NC(=O)C2CCN(S(=O)(=O)c3ccc(S(C)(=O)=O)cc3)CC2)cc1C. The van der Waals surface area contributed by atoms with Gasteiger partial charge in [-0.25, -0.2) is 21.6 Å². The monoisotopic (exact) mass is 514 g/mol. The second kappa shape index (κ2) is 9.92. The van der Waals surface area contributed by atoms with E-state index in [0.717, 1.165) is 23.2 Å². The number of rotatable bonds is 7. The van der Waals surface area contributed by atoms with Gasteiger partial charge in [-0.3, -0.25) is 4.79 Å². The third-order valence-corrected chi connectivity index (χ3v) is 9.51. The number of nitrogens with one attached hydrogen (secondary N) is 1. The normalized spacial score (nSPS) is 15.8. The number of thiophene rings is 1. The maximum absolute atomic E-state index is 12.9. The summed E-state index contributed by atoms with van der Waals surface area (Å²) in [6.45, 7) is 4.10. The third-order valence-electron chi connectivity index (χ3n) is 5.34. The number of piperidine rings is 1. The van der Waals surface area contributed by atoms with Crippen molar-refractivity contribution in [3.63, 3.8) is 0 Å². The van der Waals surface area contributed by atoms with E-state index in [-0.39, 0.29) is 41.3 Å². The topological polar surface area (TPSA) is 127 Å².